The first-order valence-electron chi connectivity index (χ1n) is 12.0. The van der Waals surface area contributed by atoms with Crippen LogP contribution in [-0.4, -0.2) is 69.9 Å². The zero-order chi connectivity index (χ0) is 27.1. The quantitative estimate of drug-likeness (QED) is 0.393. The van der Waals surface area contributed by atoms with E-state index in [1.54, 1.807) is 20.8 Å². The van der Waals surface area contributed by atoms with Crippen LogP contribution in [0.5, 0.6) is 5.75 Å². The standard InChI is InChI=1S/C24H29F2N3O7S/c1-24(2,3)37(34)28-19(14-11-16-12(4-9-36-16)10-15(14)25)18(26)20(30)17-21(31)27-23(33)29(22(17)32)13-5-7-35-8-6-13/h10-11,13,17-19,28H,4-9H2,1-3H3,(H,27,31,33)/t17?,18-,19+,37-/m1/s1. The van der Waals surface area contributed by atoms with Gasteiger partial charge in [0.1, 0.15) is 22.4 Å². The van der Waals surface area contributed by atoms with Crippen molar-refractivity contribution in [2.24, 2.45) is 5.92 Å². The van der Waals surface area contributed by atoms with E-state index in [4.69, 9.17) is 9.47 Å². The molecule has 0 saturated carbocycles. The minimum absolute atomic E-state index is 0.268. The Bertz CT molecular complexity index is 1110. The zero-order valence-corrected chi connectivity index (χ0v) is 21.5. The number of rotatable bonds is 7. The van der Waals surface area contributed by atoms with Crippen LogP contribution in [0.4, 0.5) is 13.6 Å². The predicted octanol–water partition coefficient (Wildman–Crippen LogP) is 1.63. The largest absolute Gasteiger partial charge is 0.598 e. The van der Waals surface area contributed by atoms with Gasteiger partial charge in [-0.05, 0) is 45.7 Å². The summed E-state index contributed by atoms with van der Waals surface area (Å²) in [6, 6.07) is -1.04. The molecule has 0 bridgehead atoms. The van der Waals surface area contributed by atoms with Crippen molar-refractivity contribution in [3.05, 3.63) is 29.1 Å². The molecule has 10 nitrogen and oxygen atoms in total. The molecule has 4 rings (SSSR count). The Morgan fingerprint density at radius 3 is 2.54 bits per heavy atom. The average Bonchev–Trinajstić information content (AvgIpc) is 3.28. The number of ether oxygens (including phenoxy) is 2. The lowest BCUT2D eigenvalue weighted by molar-refractivity contribution is -0.151. The van der Waals surface area contributed by atoms with Gasteiger partial charge in [-0.25, -0.2) is 13.6 Å². The summed E-state index contributed by atoms with van der Waals surface area (Å²) in [5, 5.41) is 1.96. The molecule has 4 amide bonds. The average molecular weight is 542 g/mol. The number of carbonyl (C=O) groups is 4. The van der Waals surface area contributed by atoms with Crippen molar-refractivity contribution < 1.29 is 42.0 Å². The minimum Gasteiger partial charge on any atom is -0.598 e. The molecule has 0 spiro atoms. The van der Waals surface area contributed by atoms with Crippen LogP contribution in [-0.2, 0) is 36.9 Å². The number of hydrogen-bond donors (Lipinski definition) is 2. The summed E-state index contributed by atoms with van der Waals surface area (Å²) in [6.07, 6.45) is -1.63. The number of Topliss-reactive ketones (excluding diaryl/α,β-unsaturated/α-hetero) is 1. The number of fused-ring (bicyclic) bond motifs is 1. The molecule has 1 aromatic rings. The molecule has 0 aromatic heterocycles. The second-order valence-corrected chi connectivity index (χ2v) is 12.1. The topological polar surface area (TPSA) is 137 Å². The lowest BCUT2D eigenvalue weighted by Gasteiger charge is -2.37. The highest BCUT2D eigenvalue weighted by atomic mass is 32.2. The van der Waals surface area contributed by atoms with Gasteiger partial charge in [-0.3, -0.25) is 24.6 Å². The number of urea groups is 1. The van der Waals surface area contributed by atoms with Crippen molar-refractivity contribution in [2.75, 3.05) is 19.8 Å². The molecule has 1 aromatic carbocycles. The van der Waals surface area contributed by atoms with E-state index in [0.717, 1.165) is 11.0 Å². The third-order valence-corrected chi connectivity index (χ3v) is 8.11. The maximum atomic E-state index is 16.0. The Hall–Kier alpha value is -2.61. The minimum atomic E-state index is -2.66. The molecule has 1 unspecified atom stereocenters. The molecule has 0 radical (unpaired) electrons. The number of nitrogens with one attached hydrogen (secondary N) is 2. The summed E-state index contributed by atoms with van der Waals surface area (Å²) >= 11 is -1.96. The number of ketones is 1. The first-order chi connectivity index (χ1) is 17.4. The third-order valence-electron chi connectivity index (χ3n) is 6.53. The Labute approximate surface area is 215 Å². The summed E-state index contributed by atoms with van der Waals surface area (Å²) in [5.41, 5.74) is 0.228. The summed E-state index contributed by atoms with van der Waals surface area (Å²) in [5.74, 6) is -6.62. The van der Waals surface area contributed by atoms with Crippen LogP contribution < -0.4 is 14.8 Å². The number of nitrogens with zero attached hydrogens (tertiary/aromatic N) is 1. The summed E-state index contributed by atoms with van der Waals surface area (Å²) < 4.78 is 56.3. The van der Waals surface area contributed by atoms with Gasteiger partial charge in [0.05, 0.1) is 6.61 Å². The van der Waals surface area contributed by atoms with Crippen molar-refractivity contribution in [1.82, 2.24) is 14.9 Å². The number of amides is 4. The fraction of sp³-hybridized carbons (Fsp3) is 0.583. The summed E-state index contributed by atoms with van der Waals surface area (Å²) in [6.45, 7) is 5.63. The normalized spacial score (nSPS) is 23.2. The van der Waals surface area contributed by atoms with Crippen LogP contribution >= 0.6 is 0 Å². The van der Waals surface area contributed by atoms with E-state index < -0.39 is 69.7 Å². The summed E-state index contributed by atoms with van der Waals surface area (Å²) in [4.78, 5) is 52.3. The number of imide groups is 2. The van der Waals surface area contributed by atoms with Gasteiger partial charge in [0, 0.05) is 48.2 Å². The van der Waals surface area contributed by atoms with Gasteiger partial charge >= 0.3 is 6.03 Å². The molecule has 2 N–H and O–H groups in total. The molecule has 37 heavy (non-hydrogen) atoms. The van der Waals surface area contributed by atoms with Crippen LogP contribution in [0.3, 0.4) is 0 Å². The molecule has 202 valence electrons. The molecule has 3 aliphatic rings. The van der Waals surface area contributed by atoms with Crippen LogP contribution in [0, 0.1) is 11.7 Å². The van der Waals surface area contributed by atoms with Crippen LogP contribution in [0.25, 0.3) is 0 Å². The molecule has 3 heterocycles. The van der Waals surface area contributed by atoms with Gasteiger partial charge in [-0.15, -0.1) is 4.72 Å². The number of halogens is 2. The van der Waals surface area contributed by atoms with Crippen molar-refractivity contribution in [3.63, 3.8) is 0 Å². The lowest BCUT2D eigenvalue weighted by Crippen LogP contribution is -2.64. The molecule has 4 atom stereocenters. The Morgan fingerprint density at radius 2 is 1.89 bits per heavy atom. The second-order valence-electron chi connectivity index (χ2n) is 10.1. The molecule has 0 aliphatic carbocycles. The molecule has 2 saturated heterocycles. The highest BCUT2D eigenvalue weighted by molar-refractivity contribution is 7.90. The van der Waals surface area contributed by atoms with E-state index in [9.17, 15) is 23.7 Å². The van der Waals surface area contributed by atoms with Gasteiger partial charge in [-0.1, -0.05) is 0 Å². The molecular formula is C24H29F2N3O7S. The van der Waals surface area contributed by atoms with Crippen LogP contribution in [0.2, 0.25) is 0 Å². The van der Waals surface area contributed by atoms with Gasteiger partial charge in [0.25, 0.3) is 5.91 Å². The van der Waals surface area contributed by atoms with E-state index in [0.29, 0.717) is 37.2 Å². The van der Waals surface area contributed by atoms with Crippen LogP contribution in [0.15, 0.2) is 12.1 Å². The Kier molecular flexibility index (Phi) is 7.88. The first kappa shape index (κ1) is 27.4. The SMILES string of the molecule is CC(C)(C)[S@@+]([O-])N[C@@H](c1cc2c(cc1F)CCO2)[C@@H](F)C(=O)C1C(=O)NC(=O)N(C2CCOCC2)C1=O. The highest BCUT2D eigenvalue weighted by Gasteiger charge is 2.51. The number of barbiturate groups is 1. The lowest BCUT2D eigenvalue weighted by atomic mass is 9.89. The monoisotopic (exact) mass is 541 g/mol. The predicted molar refractivity (Wildman–Crippen MR) is 127 cm³/mol. The fourth-order valence-corrected chi connectivity index (χ4v) is 5.31. The van der Waals surface area contributed by atoms with Crippen molar-refractivity contribution in [2.45, 2.75) is 63.0 Å². The third kappa shape index (κ3) is 5.49. The maximum absolute atomic E-state index is 16.0. The maximum Gasteiger partial charge on any atom is 0.331 e. The van der Waals surface area contributed by atoms with E-state index in [1.807, 2.05) is 5.32 Å². The smallest absolute Gasteiger partial charge is 0.331 e. The Morgan fingerprint density at radius 1 is 1.22 bits per heavy atom. The van der Waals surface area contributed by atoms with Crippen molar-refractivity contribution >= 4 is 35.0 Å². The van der Waals surface area contributed by atoms with Gasteiger partial charge in [-0.2, -0.15) is 0 Å². The van der Waals surface area contributed by atoms with Gasteiger partial charge < -0.3 is 14.0 Å². The fourth-order valence-electron chi connectivity index (χ4n) is 4.47. The first-order valence-corrected chi connectivity index (χ1v) is 13.1. The number of alkyl halides is 1. The zero-order valence-electron chi connectivity index (χ0n) is 20.7. The number of hydrogen-bond acceptors (Lipinski definition) is 8. The van der Waals surface area contributed by atoms with E-state index >= 15 is 8.78 Å². The van der Waals surface area contributed by atoms with E-state index in [2.05, 4.69) is 4.72 Å². The van der Waals surface area contributed by atoms with E-state index in [-0.39, 0.29) is 18.8 Å². The van der Waals surface area contributed by atoms with Gasteiger partial charge in [0.15, 0.2) is 17.9 Å². The molecular weight excluding hydrogens is 512 g/mol. The number of benzene rings is 1. The van der Waals surface area contributed by atoms with E-state index in [1.165, 1.54) is 6.07 Å². The van der Waals surface area contributed by atoms with Crippen molar-refractivity contribution in [1.29, 1.82) is 0 Å². The van der Waals surface area contributed by atoms with Crippen LogP contribution in [0.1, 0.15) is 50.8 Å². The van der Waals surface area contributed by atoms with Gasteiger partial charge in [0.2, 0.25) is 5.91 Å². The Balaban J connectivity index is 1.67. The molecule has 13 heteroatoms. The number of carbonyl (C=O) groups excluding carboxylic acids is 4. The highest BCUT2D eigenvalue weighted by Crippen LogP contribution is 2.35. The molecule has 3 aliphatic heterocycles. The summed E-state index contributed by atoms with van der Waals surface area (Å²) in [7, 11) is 0. The second kappa shape index (κ2) is 10.6. The van der Waals surface area contributed by atoms with Crippen molar-refractivity contribution in [3.8, 4) is 5.75 Å². The molecule has 2 fully saturated rings.